The average molecular weight is 417 g/mol. The third-order valence-electron chi connectivity index (χ3n) is 4.47. The van der Waals surface area contributed by atoms with Crippen molar-refractivity contribution in [3.05, 3.63) is 93.8 Å². The topological polar surface area (TPSA) is 117 Å². The number of rotatable bonds is 7. The third-order valence-corrected chi connectivity index (χ3v) is 4.47. The van der Waals surface area contributed by atoms with E-state index in [1.807, 2.05) is 30.3 Å². The van der Waals surface area contributed by atoms with Crippen LogP contribution in [-0.4, -0.2) is 41.8 Å². The Morgan fingerprint density at radius 2 is 1.65 bits per heavy atom. The van der Waals surface area contributed by atoms with Crippen LogP contribution in [0.15, 0.2) is 82.6 Å². The Morgan fingerprint density at radius 3 is 2.42 bits per heavy atom. The van der Waals surface area contributed by atoms with Crippen molar-refractivity contribution in [1.29, 1.82) is 0 Å². The summed E-state index contributed by atoms with van der Waals surface area (Å²) in [4.78, 5) is 36.4. The summed E-state index contributed by atoms with van der Waals surface area (Å²) in [7, 11) is 0. The van der Waals surface area contributed by atoms with Crippen LogP contribution in [0.25, 0.3) is 17.1 Å². The van der Waals surface area contributed by atoms with Gasteiger partial charge in [0, 0.05) is 36.6 Å². The summed E-state index contributed by atoms with van der Waals surface area (Å²) in [5, 5.41) is 15.3. The summed E-state index contributed by atoms with van der Waals surface area (Å²) in [5.74, 6) is 0.0188. The first-order valence-corrected chi connectivity index (χ1v) is 9.59. The molecule has 0 aliphatic rings. The number of benzene rings is 1. The van der Waals surface area contributed by atoms with Crippen molar-refractivity contribution in [2.75, 3.05) is 6.54 Å². The zero-order valence-corrected chi connectivity index (χ0v) is 16.5. The van der Waals surface area contributed by atoms with Gasteiger partial charge in [-0.25, -0.2) is 14.0 Å². The molecule has 0 aliphatic carbocycles. The molecule has 10 heteroatoms. The molecule has 0 fully saturated rings. The van der Waals surface area contributed by atoms with E-state index in [1.54, 1.807) is 24.5 Å². The smallest absolute Gasteiger partial charge is 0.267 e. The fourth-order valence-corrected chi connectivity index (χ4v) is 2.94. The Bertz CT molecular complexity index is 1290. The molecule has 31 heavy (non-hydrogen) atoms. The van der Waals surface area contributed by atoms with Crippen molar-refractivity contribution < 1.29 is 4.79 Å². The molecule has 0 radical (unpaired) electrons. The number of carbonyl (C=O) groups is 1. The summed E-state index contributed by atoms with van der Waals surface area (Å²) >= 11 is 0. The van der Waals surface area contributed by atoms with Crippen LogP contribution in [0.1, 0.15) is 0 Å². The zero-order valence-electron chi connectivity index (χ0n) is 16.5. The van der Waals surface area contributed by atoms with Crippen LogP contribution in [-0.2, 0) is 17.9 Å². The molecule has 0 bridgehead atoms. The van der Waals surface area contributed by atoms with Crippen molar-refractivity contribution in [2.45, 2.75) is 13.1 Å². The number of hydrogen-bond donors (Lipinski definition) is 1. The Hall–Kier alpha value is -4.34. The summed E-state index contributed by atoms with van der Waals surface area (Å²) in [6, 6.07) is 17.2. The van der Waals surface area contributed by atoms with E-state index in [4.69, 9.17) is 0 Å². The van der Waals surface area contributed by atoms with E-state index in [1.165, 1.54) is 27.6 Å². The molecule has 4 aromatic rings. The summed E-state index contributed by atoms with van der Waals surface area (Å²) in [5.41, 5.74) is 0.888. The SMILES string of the molecule is O=C(Cn1nc(-n2cccn2)ccc1=O)NCCn1nc(-c2ccccc2)ccc1=O. The van der Waals surface area contributed by atoms with Gasteiger partial charge < -0.3 is 5.32 Å². The van der Waals surface area contributed by atoms with E-state index in [0.717, 1.165) is 10.2 Å². The fraction of sp³-hybridized carbons (Fsp3) is 0.143. The maximum absolute atomic E-state index is 12.3. The van der Waals surface area contributed by atoms with Crippen LogP contribution in [0.2, 0.25) is 0 Å². The average Bonchev–Trinajstić information content (AvgIpc) is 3.32. The van der Waals surface area contributed by atoms with Gasteiger partial charge >= 0.3 is 0 Å². The van der Waals surface area contributed by atoms with Crippen molar-refractivity contribution in [3.8, 4) is 17.1 Å². The van der Waals surface area contributed by atoms with E-state index in [0.29, 0.717) is 11.5 Å². The minimum Gasteiger partial charge on any atom is -0.353 e. The van der Waals surface area contributed by atoms with E-state index in [2.05, 4.69) is 20.6 Å². The molecule has 1 amide bonds. The highest BCUT2D eigenvalue weighted by Gasteiger charge is 2.09. The summed E-state index contributed by atoms with van der Waals surface area (Å²) in [6.07, 6.45) is 3.28. The largest absolute Gasteiger partial charge is 0.353 e. The molecule has 4 rings (SSSR count). The molecular formula is C21H19N7O3. The lowest BCUT2D eigenvalue weighted by Gasteiger charge is -2.10. The van der Waals surface area contributed by atoms with Crippen molar-refractivity contribution in [2.24, 2.45) is 0 Å². The lowest BCUT2D eigenvalue weighted by atomic mass is 10.1. The van der Waals surface area contributed by atoms with Gasteiger partial charge in [0.15, 0.2) is 5.82 Å². The van der Waals surface area contributed by atoms with Crippen LogP contribution >= 0.6 is 0 Å². The predicted octanol–water partition coefficient (Wildman–Crippen LogP) is 0.469. The van der Waals surface area contributed by atoms with Gasteiger partial charge in [-0.2, -0.15) is 10.2 Å². The number of amides is 1. The number of nitrogens with zero attached hydrogens (tertiary/aromatic N) is 6. The summed E-state index contributed by atoms with van der Waals surface area (Å²) in [6.45, 7) is 0.124. The second kappa shape index (κ2) is 8.99. The normalized spacial score (nSPS) is 10.7. The molecule has 0 saturated heterocycles. The molecule has 1 N–H and O–H groups in total. The van der Waals surface area contributed by atoms with Crippen LogP contribution in [0, 0.1) is 0 Å². The Kier molecular flexibility index (Phi) is 5.79. The molecule has 0 unspecified atom stereocenters. The molecule has 0 spiro atoms. The second-order valence-electron chi connectivity index (χ2n) is 6.63. The molecular weight excluding hydrogens is 398 g/mol. The van der Waals surface area contributed by atoms with Crippen molar-refractivity contribution in [3.63, 3.8) is 0 Å². The van der Waals surface area contributed by atoms with Crippen LogP contribution in [0.5, 0.6) is 0 Å². The lowest BCUT2D eigenvalue weighted by molar-refractivity contribution is -0.121. The molecule has 0 aliphatic heterocycles. The van der Waals surface area contributed by atoms with Crippen LogP contribution in [0.3, 0.4) is 0 Å². The molecule has 3 aromatic heterocycles. The molecule has 1 aromatic carbocycles. The standard InChI is InChI=1S/C21H19N7O3/c29-19(15-28-21(31)10-8-18(25-28)26-13-4-11-23-26)22-12-14-27-20(30)9-7-17(24-27)16-5-2-1-3-6-16/h1-11,13H,12,14-15H2,(H,22,29). The van der Waals surface area contributed by atoms with Gasteiger partial charge in [0.05, 0.1) is 12.2 Å². The van der Waals surface area contributed by atoms with Crippen molar-refractivity contribution >= 4 is 5.91 Å². The Morgan fingerprint density at radius 1 is 0.871 bits per heavy atom. The van der Waals surface area contributed by atoms with Gasteiger partial charge in [-0.3, -0.25) is 14.4 Å². The number of aromatic nitrogens is 6. The molecule has 10 nitrogen and oxygen atoms in total. The Labute approximate surface area is 176 Å². The van der Waals surface area contributed by atoms with Gasteiger partial charge in [0.1, 0.15) is 6.54 Å². The highest BCUT2D eigenvalue weighted by molar-refractivity contribution is 5.75. The van der Waals surface area contributed by atoms with E-state index in [-0.39, 0.29) is 25.2 Å². The lowest BCUT2D eigenvalue weighted by Crippen LogP contribution is -2.36. The Balaban J connectivity index is 1.39. The molecule has 3 heterocycles. The molecule has 156 valence electrons. The summed E-state index contributed by atoms with van der Waals surface area (Å²) < 4.78 is 3.85. The molecule has 0 saturated carbocycles. The maximum Gasteiger partial charge on any atom is 0.267 e. The van der Waals surface area contributed by atoms with Gasteiger partial charge in [-0.15, -0.1) is 5.10 Å². The monoisotopic (exact) mass is 417 g/mol. The second-order valence-corrected chi connectivity index (χ2v) is 6.63. The first-order chi connectivity index (χ1) is 15.1. The zero-order chi connectivity index (χ0) is 21.6. The minimum atomic E-state index is -0.403. The van der Waals surface area contributed by atoms with Gasteiger partial charge in [-0.1, -0.05) is 30.3 Å². The van der Waals surface area contributed by atoms with E-state index in [9.17, 15) is 14.4 Å². The third kappa shape index (κ3) is 4.81. The van der Waals surface area contributed by atoms with E-state index >= 15 is 0 Å². The first-order valence-electron chi connectivity index (χ1n) is 9.59. The highest BCUT2D eigenvalue weighted by atomic mass is 16.2. The maximum atomic E-state index is 12.3. The van der Waals surface area contributed by atoms with Gasteiger partial charge in [0.2, 0.25) is 5.91 Å². The minimum absolute atomic E-state index is 0.178. The van der Waals surface area contributed by atoms with Gasteiger partial charge in [-0.05, 0) is 18.2 Å². The van der Waals surface area contributed by atoms with Crippen LogP contribution < -0.4 is 16.4 Å². The predicted molar refractivity (Wildman–Crippen MR) is 113 cm³/mol. The fourth-order valence-electron chi connectivity index (χ4n) is 2.94. The first kappa shape index (κ1) is 20.0. The number of carbonyl (C=O) groups excluding carboxylic acids is 1. The highest BCUT2D eigenvalue weighted by Crippen LogP contribution is 2.13. The van der Waals surface area contributed by atoms with Gasteiger partial charge in [0.25, 0.3) is 11.1 Å². The van der Waals surface area contributed by atoms with E-state index < -0.39 is 11.5 Å². The van der Waals surface area contributed by atoms with Crippen molar-refractivity contribution in [1.82, 2.24) is 34.7 Å². The van der Waals surface area contributed by atoms with Crippen LogP contribution in [0.4, 0.5) is 0 Å². The number of nitrogens with one attached hydrogen (secondary N) is 1. The quantitative estimate of drug-likeness (QED) is 0.467. The molecule has 0 atom stereocenters. The number of hydrogen-bond acceptors (Lipinski definition) is 6.